The molecule has 0 aliphatic carbocycles. The minimum atomic E-state index is -0.851. The molecular weight excluding hydrogens is 480 g/mol. The summed E-state index contributed by atoms with van der Waals surface area (Å²) in [7, 11) is 1.56. The zero-order chi connectivity index (χ0) is 22.9. The number of carbonyl (C=O) groups excluding carboxylic acids is 2. The highest BCUT2D eigenvalue weighted by Gasteiger charge is 2.52. The fraction of sp³-hybridized carbons (Fsp3) is 0.500. The first-order valence-electron chi connectivity index (χ1n) is 10.6. The average Bonchev–Trinajstić information content (AvgIpc) is 3.49. The molecule has 9 nitrogen and oxygen atoms in total. The lowest BCUT2D eigenvalue weighted by atomic mass is 10.1. The quantitative estimate of drug-likeness (QED) is 0.598. The molecule has 3 heterocycles. The molecule has 0 radical (unpaired) electrons. The van der Waals surface area contributed by atoms with Crippen LogP contribution in [0.1, 0.15) is 32.1 Å². The maximum absolute atomic E-state index is 12.8. The van der Waals surface area contributed by atoms with Crippen LogP contribution in [0.3, 0.4) is 0 Å². The standard InChI is InChI=1S/C22H27BrN4O5/c1-14(2)19(12-28)26(3)21(29)32-27-13-22(30-8-9-31-22)10-18(27)20-24-11-17(25-20)15-4-6-16(23)7-5-15/h4-7,11-12,14,18-19H,8-10,13H2,1-3H3,(H,24,25)/t18-,19+/m0/s1. The number of benzene rings is 1. The third-order valence-electron chi connectivity index (χ3n) is 5.88. The molecule has 1 spiro atoms. The molecule has 2 aromatic rings. The van der Waals surface area contributed by atoms with Gasteiger partial charge in [-0.1, -0.05) is 41.9 Å². The Balaban J connectivity index is 1.56. The van der Waals surface area contributed by atoms with Crippen molar-refractivity contribution in [3.63, 3.8) is 0 Å². The van der Waals surface area contributed by atoms with Crippen molar-refractivity contribution in [3.8, 4) is 11.3 Å². The van der Waals surface area contributed by atoms with Gasteiger partial charge in [-0.15, -0.1) is 5.06 Å². The van der Waals surface area contributed by atoms with E-state index in [4.69, 9.17) is 14.3 Å². The van der Waals surface area contributed by atoms with Gasteiger partial charge in [-0.05, 0) is 23.6 Å². The molecule has 172 valence electrons. The molecule has 1 amide bonds. The van der Waals surface area contributed by atoms with Gasteiger partial charge in [0.2, 0.25) is 0 Å². The second kappa shape index (κ2) is 9.30. The maximum atomic E-state index is 12.8. The summed E-state index contributed by atoms with van der Waals surface area (Å²) in [6.45, 7) is 4.97. The van der Waals surface area contributed by atoms with E-state index in [9.17, 15) is 9.59 Å². The SMILES string of the molecule is CC(C)[C@@H](C=O)N(C)C(=O)ON1CC2(C[C@H]1c1ncc(-c3ccc(Br)cc3)[nH]1)OCCO2. The predicted molar refractivity (Wildman–Crippen MR) is 119 cm³/mol. The fourth-order valence-electron chi connectivity index (χ4n) is 4.11. The summed E-state index contributed by atoms with van der Waals surface area (Å²) in [6.07, 6.45) is 2.36. The van der Waals surface area contributed by atoms with Crippen LogP contribution in [0.5, 0.6) is 0 Å². The summed E-state index contributed by atoms with van der Waals surface area (Å²) in [5.41, 5.74) is 1.84. The average molecular weight is 507 g/mol. The molecule has 2 aliphatic rings. The van der Waals surface area contributed by atoms with Crippen LogP contribution < -0.4 is 0 Å². The van der Waals surface area contributed by atoms with E-state index in [1.165, 1.54) is 9.96 Å². The van der Waals surface area contributed by atoms with E-state index in [0.29, 0.717) is 25.5 Å². The molecule has 10 heteroatoms. The number of hydrogen-bond acceptors (Lipinski definition) is 7. The normalized spacial score (nSPS) is 21.2. The van der Waals surface area contributed by atoms with Crippen LogP contribution in [0.15, 0.2) is 34.9 Å². The number of aromatic nitrogens is 2. The van der Waals surface area contributed by atoms with Crippen LogP contribution in [-0.2, 0) is 19.1 Å². The number of hydroxylamine groups is 2. The van der Waals surface area contributed by atoms with Gasteiger partial charge >= 0.3 is 6.09 Å². The van der Waals surface area contributed by atoms with Crippen LogP contribution in [0.2, 0.25) is 0 Å². The molecule has 1 N–H and O–H groups in total. The van der Waals surface area contributed by atoms with Crippen molar-refractivity contribution in [1.82, 2.24) is 19.9 Å². The highest BCUT2D eigenvalue weighted by molar-refractivity contribution is 9.10. The number of rotatable bonds is 6. The Labute approximate surface area is 195 Å². The summed E-state index contributed by atoms with van der Waals surface area (Å²) in [6, 6.07) is 6.93. The Morgan fingerprint density at radius 3 is 2.66 bits per heavy atom. The first-order chi connectivity index (χ1) is 15.3. The lowest BCUT2D eigenvalue weighted by Crippen LogP contribution is -2.45. The number of aromatic amines is 1. The second-order valence-corrected chi connectivity index (χ2v) is 9.35. The first-order valence-corrected chi connectivity index (χ1v) is 11.4. The monoisotopic (exact) mass is 506 g/mol. The number of amides is 1. The molecule has 4 rings (SSSR count). The number of nitrogens with zero attached hydrogens (tertiary/aromatic N) is 3. The van der Waals surface area contributed by atoms with Crippen LogP contribution in [0, 0.1) is 5.92 Å². The topological polar surface area (TPSA) is 97.0 Å². The third-order valence-corrected chi connectivity index (χ3v) is 6.41. The number of imidazole rings is 1. The molecule has 32 heavy (non-hydrogen) atoms. The largest absolute Gasteiger partial charge is 0.429 e. The highest BCUT2D eigenvalue weighted by atomic mass is 79.9. The van der Waals surface area contributed by atoms with Gasteiger partial charge < -0.3 is 24.1 Å². The van der Waals surface area contributed by atoms with Crippen molar-refractivity contribution in [2.45, 2.75) is 38.1 Å². The number of ether oxygens (including phenoxy) is 2. The van der Waals surface area contributed by atoms with E-state index in [1.807, 2.05) is 38.1 Å². The van der Waals surface area contributed by atoms with Crippen molar-refractivity contribution in [3.05, 3.63) is 40.8 Å². The lowest BCUT2D eigenvalue weighted by Gasteiger charge is -2.29. The van der Waals surface area contributed by atoms with Crippen LogP contribution >= 0.6 is 15.9 Å². The number of H-pyrrole nitrogens is 1. The zero-order valence-electron chi connectivity index (χ0n) is 18.3. The van der Waals surface area contributed by atoms with Gasteiger partial charge in [0.1, 0.15) is 18.2 Å². The predicted octanol–water partition coefficient (Wildman–Crippen LogP) is 3.54. The number of aldehydes is 1. The summed E-state index contributed by atoms with van der Waals surface area (Å²) >= 11 is 3.44. The Morgan fingerprint density at radius 1 is 1.34 bits per heavy atom. The Kier molecular flexibility index (Phi) is 6.66. The number of hydrogen-bond donors (Lipinski definition) is 1. The van der Waals surface area contributed by atoms with Gasteiger partial charge in [0.25, 0.3) is 0 Å². The van der Waals surface area contributed by atoms with Gasteiger partial charge in [-0.25, -0.2) is 9.78 Å². The van der Waals surface area contributed by atoms with Crippen molar-refractivity contribution < 1.29 is 23.9 Å². The minimum Gasteiger partial charge on any atom is -0.350 e. The molecule has 0 saturated carbocycles. The highest BCUT2D eigenvalue weighted by Crippen LogP contribution is 2.42. The van der Waals surface area contributed by atoms with Crippen molar-refractivity contribution in [2.24, 2.45) is 5.92 Å². The molecule has 1 aromatic heterocycles. The van der Waals surface area contributed by atoms with Crippen LogP contribution in [0.4, 0.5) is 4.79 Å². The number of carbonyl (C=O) groups is 2. The van der Waals surface area contributed by atoms with E-state index in [0.717, 1.165) is 22.0 Å². The van der Waals surface area contributed by atoms with Gasteiger partial charge in [0.15, 0.2) is 5.79 Å². The van der Waals surface area contributed by atoms with E-state index in [1.54, 1.807) is 13.2 Å². The molecule has 2 aliphatic heterocycles. The Morgan fingerprint density at radius 2 is 2.03 bits per heavy atom. The zero-order valence-corrected chi connectivity index (χ0v) is 19.9. The third kappa shape index (κ3) is 4.59. The van der Waals surface area contributed by atoms with Crippen LogP contribution in [-0.4, -0.2) is 70.9 Å². The fourth-order valence-corrected chi connectivity index (χ4v) is 4.37. The van der Waals surface area contributed by atoms with E-state index >= 15 is 0 Å². The number of likely N-dealkylation sites (N-methyl/N-ethyl adjacent to an activating group) is 1. The summed E-state index contributed by atoms with van der Waals surface area (Å²) < 4.78 is 12.7. The summed E-state index contributed by atoms with van der Waals surface area (Å²) in [5, 5.41) is 1.54. The van der Waals surface area contributed by atoms with Crippen molar-refractivity contribution in [1.29, 1.82) is 0 Å². The van der Waals surface area contributed by atoms with E-state index in [2.05, 4.69) is 25.9 Å². The van der Waals surface area contributed by atoms with Gasteiger partial charge in [-0.2, -0.15) is 0 Å². The first kappa shape index (κ1) is 22.9. The number of halogens is 1. The van der Waals surface area contributed by atoms with Gasteiger partial charge in [0.05, 0.1) is 37.7 Å². The number of nitrogens with one attached hydrogen (secondary N) is 1. The Hall–Kier alpha value is -2.27. The molecule has 2 atom stereocenters. The maximum Gasteiger partial charge on any atom is 0.429 e. The van der Waals surface area contributed by atoms with Crippen LogP contribution in [0.25, 0.3) is 11.3 Å². The summed E-state index contributed by atoms with van der Waals surface area (Å²) in [4.78, 5) is 39.2. The second-order valence-electron chi connectivity index (χ2n) is 8.43. The Bertz CT molecular complexity index is 957. The van der Waals surface area contributed by atoms with Gasteiger partial charge in [-0.3, -0.25) is 4.90 Å². The van der Waals surface area contributed by atoms with E-state index < -0.39 is 17.9 Å². The minimum absolute atomic E-state index is 0.0363. The molecule has 1 aromatic carbocycles. The molecule has 2 fully saturated rings. The van der Waals surface area contributed by atoms with Crippen molar-refractivity contribution >= 4 is 28.3 Å². The van der Waals surface area contributed by atoms with Crippen molar-refractivity contribution in [2.75, 3.05) is 26.8 Å². The molecule has 2 saturated heterocycles. The molecule has 0 unspecified atom stereocenters. The lowest BCUT2D eigenvalue weighted by molar-refractivity contribution is -0.179. The smallest absolute Gasteiger partial charge is 0.350 e. The molecule has 0 bridgehead atoms. The summed E-state index contributed by atoms with van der Waals surface area (Å²) in [5.74, 6) is -0.244. The molecular formula is C22H27BrN4O5. The van der Waals surface area contributed by atoms with Gasteiger partial charge in [0, 0.05) is 17.9 Å². The van der Waals surface area contributed by atoms with E-state index in [-0.39, 0.29) is 18.5 Å².